The van der Waals surface area contributed by atoms with Crippen LogP contribution < -0.4 is 5.32 Å². The number of rotatable bonds is 9. The highest BCUT2D eigenvalue weighted by atomic mass is 35.5. The van der Waals surface area contributed by atoms with Gasteiger partial charge in [-0.1, -0.05) is 11.6 Å². The summed E-state index contributed by atoms with van der Waals surface area (Å²) in [6.45, 7) is 3.85. The molecule has 2 rings (SSSR count). The average Bonchev–Trinajstić information content (AvgIpc) is 2.68. The van der Waals surface area contributed by atoms with E-state index in [1.54, 1.807) is 6.92 Å². The molecule has 1 heterocycles. The molecule has 1 aliphatic heterocycles. The third kappa shape index (κ3) is 7.71. The van der Waals surface area contributed by atoms with Crippen LogP contribution in [-0.4, -0.2) is 78.8 Å². The zero-order valence-corrected chi connectivity index (χ0v) is 17.2. The zero-order valence-electron chi connectivity index (χ0n) is 16.5. The summed E-state index contributed by atoms with van der Waals surface area (Å²) < 4.78 is 40.7. The highest BCUT2D eigenvalue weighted by Crippen LogP contribution is 2.27. The van der Waals surface area contributed by atoms with Gasteiger partial charge in [0.2, 0.25) is 5.91 Å². The maximum Gasteiger partial charge on any atom is 0.411 e. The SMILES string of the molecule is CC(C(=O)Nc1ccc([N+](=O)[O-])cc1Cl)N1CCN(CCCOCC(F)(F)F)CC1. The molecule has 0 aliphatic carbocycles. The van der Waals surface area contributed by atoms with Crippen molar-refractivity contribution in [2.45, 2.75) is 25.6 Å². The van der Waals surface area contributed by atoms with Crippen molar-refractivity contribution in [3.8, 4) is 0 Å². The van der Waals surface area contributed by atoms with E-state index in [2.05, 4.69) is 15.0 Å². The lowest BCUT2D eigenvalue weighted by Gasteiger charge is -2.37. The Labute approximate surface area is 177 Å². The van der Waals surface area contributed by atoms with Gasteiger partial charge in [0.05, 0.1) is 21.7 Å². The second kappa shape index (κ2) is 10.9. The highest BCUT2D eigenvalue weighted by Gasteiger charge is 2.28. The average molecular weight is 453 g/mol. The quantitative estimate of drug-likeness (QED) is 0.352. The molecule has 1 aromatic carbocycles. The number of carbonyl (C=O) groups is 1. The molecule has 8 nitrogen and oxygen atoms in total. The van der Waals surface area contributed by atoms with Crippen LogP contribution in [0, 0.1) is 10.1 Å². The number of hydrogen-bond donors (Lipinski definition) is 1. The van der Waals surface area contributed by atoms with E-state index in [9.17, 15) is 28.1 Å². The number of anilines is 1. The molecule has 0 spiro atoms. The Bertz CT molecular complexity index is 743. The fourth-order valence-corrected chi connectivity index (χ4v) is 3.30. The lowest BCUT2D eigenvalue weighted by Crippen LogP contribution is -2.52. The second-order valence-electron chi connectivity index (χ2n) is 6.99. The first-order valence-corrected chi connectivity index (χ1v) is 9.80. The van der Waals surface area contributed by atoms with Crippen LogP contribution >= 0.6 is 11.6 Å². The molecular weight excluding hydrogens is 429 g/mol. The van der Waals surface area contributed by atoms with Crippen molar-refractivity contribution < 1.29 is 27.6 Å². The molecule has 0 radical (unpaired) electrons. The number of nitrogens with one attached hydrogen (secondary N) is 1. The number of benzene rings is 1. The fraction of sp³-hybridized carbons (Fsp3) is 0.611. The Kier molecular flexibility index (Phi) is 8.83. The molecule has 1 aliphatic rings. The van der Waals surface area contributed by atoms with Crippen LogP contribution in [-0.2, 0) is 9.53 Å². The van der Waals surface area contributed by atoms with Crippen LogP contribution in [0.1, 0.15) is 13.3 Å². The van der Waals surface area contributed by atoms with Crippen LogP contribution in [0.15, 0.2) is 18.2 Å². The molecule has 12 heteroatoms. The van der Waals surface area contributed by atoms with Crippen molar-refractivity contribution in [3.05, 3.63) is 33.3 Å². The van der Waals surface area contributed by atoms with Crippen LogP contribution in [0.4, 0.5) is 24.5 Å². The van der Waals surface area contributed by atoms with E-state index >= 15 is 0 Å². The summed E-state index contributed by atoms with van der Waals surface area (Å²) in [6, 6.07) is 3.40. The second-order valence-corrected chi connectivity index (χ2v) is 7.39. The van der Waals surface area contributed by atoms with E-state index in [1.165, 1.54) is 18.2 Å². The number of carbonyl (C=O) groups excluding carboxylic acids is 1. The third-order valence-electron chi connectivity index (χ3n) is 4.78. The Morgan fingerprint density at radius 2 is 2.00 bits per heavy atom. The number of nitro benzene ring substituents is 1. The maximum absolute atomic E-state index is 12.5. The van der Waals surface area contributed by atoms with Crippen LogP contribution in [0.25, 0.3) is 0 Å². The molecular formula is C18H24ClF3N4O4. The number of hydrogen-bond acceptors (Lipinski definition) is 6. The first-order chi connectivity index (χ1) is 14.1. The zero-order chi connectivity index (χ0) is 22.3. The van der Waals surface area contributed by atoms with E-state index in [-0.39, 0.29) is 23.2 Å². The smallest absolute Gasteiger partial charge is 0.372 e. The lowest BCUT2D eigenvalue weighted by molar-refractivity contribution is -0.384. The van der Waals surface area contributed by atoms with Gasteiger partial charge in [-0.05, 0) is 19.4 Å². The van der Waals surface area contributed by atoms with Gasteiger partial charge in [0.15, 0.2) is 0 Å². The van der Waals surface area contributed by atoms with Crippen molar-refractivity contribution in [1.82, 2.24) is 9.80 Å². The van der Waals surface area contributed by atoms with E-state index in [0.717, 1.165) is 0 Å². The fourth-order valence-electron chi connectivity index (χ4n) is 3.07. The van der Waals surface area contributed by atoms with Crippen molar-refractivity contribution in [3.63, 3.8) is 0 Å². The standard InChI is InChI=1S/C18H24ClF3N4O4/c1-13(17(27)23-16-4-3-14(26(28)29)11-15(16)19)25-8-6-24(7-9-25)5-2-10-30-12-18(20,21)22/h3-4,11,13H,2,5-10,12H2,1H3,(H,23,27). The summed E-state index contributed by atoms with van der Waals surface area (Å²) in [5.41, 5.74) is 0.141. The Morgan fingerprint density at radius 1 is 1.33 bits per heavy atom. The highest BCUT2D eigenvalue weighted by molar-refractivity contribution is 6.34. The largest absolute Gasteiger partial charge is 0.411 e. The van der Waals surface area contributed by atoms with Crippen LogP contribution in [0.3, 0.4) is 0 Å². The van der Waals surface area contributed by atoms with Crippen molar-refractivity contribution in [2.24, 2.45) is 0 Å². The summed E-state index contributed by atoms with van der Waals surface area (Å²) in [5, 5.41) is 13.5. The summed E-state index contributed by atoms with van der Waals surface area (Å²) in [7, 11) is 0. The number of non-ortho nitro benzene ring substituents is 1. The maximum atomic E-state index is 12.5. The number of nitro groups is 1. The summed E-state index contributed by atoms with van der Waals surface area (Å²) >= 11 is 6.01. The van der Waals surface area contributed by atoms with Crippen LogP contribution in [0.2, 0.25) is 5.02 Å². The molecule has 1 atom stereocenters. The predicted octanol–water partition coefficient (Wildman–Crippen LogP) is 3.16. The summed E-state index contributed by atoms with van der Waals surface area (Å²) in [5.74, 6) is -0.278. The lowest BCUT2D eigenvalue weighted by atomic mass is 10.2. The predicted molar refractivity (Wildman–Crippen MR) is 106 cm³/mol. The molecule has 1 aromatic rings. The van der Waals surface area contributed by atoms with Crippen molar-refractivity contribution >= 4 is 28.9 Å². The molecule has 1 unspecified atom stereocenters. The van der Waals surface area contributed by atoms with Crippen LogP contribution in [0.5, 0.6) is 0 Å². The molecule has 0 bridgehead atoms. The van der Waals surface area contributed by atoms with Gasteiger partial charge in [0.1, 0.15) is 6.61 Å². The van der Waals surface area contributed by atoms with Gasteiger partial charge < -0.3 is 15.0 Å². The molecule has 0 saturated carbocycles. The minimum absolute atomic E-state index is 0.0501. The van der Waals surface area contributed by atoms with Gasteiger partial charge in [-0.15, -0.1) is 0 Å². The number of nitrogens with zero attached hydrogens (tertiary/aromatic N) is 3. The van der Waals surface area contributed by atoms with Gasteiger partial charge in [-0.2, -0.15) is 13.2 Å². The third-order valence-corrected chi connectivity index (χ3v) is 5.10. The topological polar surface area (TPSA) is 87.9 Å². The molecule has 1 N–H and O–H groups in total. The first-order valence-electron chi connectivity index (χ1n) is 9.42. The first kappa shape index (κ1) is 24.3. The molecule has 168 valence electrons. The molecule has 1 saturated heterocycles. The number of amides is 1. The van der Waals surface area contributed by atoms with E-state index in [0.29, 0.717) is 44.8 Å². The summed E-state index contributed by atoms with van der Waals surface area (Å²) in [6.07, 6.45) is -3.80. The van der Waals surface area contributed by atoms with E-state index in [1.807, 2.05) is 4.90 Å². The van der Waals surface area contributed by atoms with E-state index < -0.39 is 23.7 Å². The van der Waals surface area contributed by atoms with Gasteiger partial charge >= 0.3 is 6.18 Å². The monoisotopic (exact) mass is 452 g/mol. The minimum atomic E-state index is -4.30. The number of alkyl halides is 3. The molecule has 1 fully saturated rings. The van der Waals surface area contributed by atoms with E-state index in [4.69, 9.17) is 11.6 Å². The molecule has 30 heavy (non-hydrogen) atoms. The van der Waals surface area contributed by atoms with Gasteiger partial charge in [0.25, 0.3) is 5.69 Å². The minimum Gasteiger partial charge on any atom is -0.372 e. The van der Waals surface area contributed by atoms with Gasteiger partial charge in [-0.3, -0.25) is 19.8 Å². The van der Waals surface area contributed by atoms with Gasteiger partial charge in [-0.25, -0.2) is 0 Å². The Morgan fingerprint density at radius 3 is 2.57 bits per heavy atom. The normalized spacial score (nSPS) is 17.0. The van der Waals surface area contributed by atoms with Crippen molar-refractivity contribution in [1.29, 1.82) is 0 Å². The Balaban J connectivity index is 1.73. The number of piperazine rings is 1. The molecule has 0 aromatic heterocycles. The van der Waals surface area contributed by atoms with Crippen molar-refractivity contribution in [2.75, 3.05) is 51.3 Å². The van der Waals surface area contributed by atoms with Gasteiger partial charge in [0, 0.05) is 51.5 Å². The number of ether oxygens (including phenoxy) is 1. The Hall–Kier alpha value is -1.95. The molecule has 1 amide bonds. The summed E-state index contributed by atoms with van der Waals surface area (Å²) in [4.78, 5) is 26.8. The number of halogens is 4.